The zero-order valence-corrected chi connectivity index (χ0v) is 14.9. The van der Waals surface area contributed by atoms with Gasteiger partial charge in [0.25, 0.3) is 5.91 Å². The van der Waals surface area contributed by atoms with Crippen LogP contribution in [0.15, 0.2) is 24.4 Å². The smallest absolute Gasteiger partial charge is 0.273 e. The number of rotatable bonds is 6. The average molecular weight is 350 g/mol. The summed E-state index contributed by atoms with van der Waals surface area (Å²) in [6, 6.07) is 6.33. The number of nitrogens with zero attached hydrogens (tertiary/aromatic N) is 3. The molecule has 1 aromatic carbocycles. The molecule has 0 aliphatic carbocycles. The molecule has 130 valence electrons. The summed E-state index contributed by atoms with van der Waals surface area (Å²) in [6.07, 6.45) is 2.73. The molecule has 0 saturated carbocycles. The van der Waals surface area contributed by atoms with E-state index < -0.39 is 0 Å². The standard InChI is InChI=1S/C17H23N5O.ClH/c1-12(2)5-6-22-11-16(20-21-22)17(23)19-8-13-3-4-14-9-18-10-15(14)7-13;/h3-4,7,11-12,18H,5-6,8-10H2,1-2H3,(H,19,23);1H. The second-order valence-corrected chi connectivity index (χ2v) is 6.44. The average Bonchev–Trinajstić information content (AvgIpc) is 3.19. The van der Waals surface area contributed by atoms with Crippen molar-refractivity contribution in [3.63, 3.8) is 0 Å². The molecule has 1 amide bonds. The fourth-order valence-corrected chi connectivity index (χ4v) is 2.63. The van der Waals surface area contributed by atoms with Crippen molar-refractivity contribution in [1.29, 1.82) is 0 Å². The molecule has 2 aromatic rings. The van der Waals surface area contributed by atoms with E-state index in [1.54, 1.807) is 10.9 Å². The number of hydrogen-bond donors (Lipinski definition) is 2. The van der Waals surface area contributed by atoms with Crippen LogP contribution in [0.3, 0.4) is 0 Å². The lowest BCUT2D eigenvalue weighted by Gasteiger charge is -2.05. The molecular formula is C17H24ClN5O. The summed E-state index contributed by atoms with van der Waals surface area (Å²) in [5, 5.41) is 14.2. The number of aryl methyl sites for hydroxylation is 1. The molecule has 0 bridgehead atoms. The summed E-state index contributed by atoms with van der Waals surface area (Å²) in [5.74, 6) is 0.421. The van der Waals surface area contributed by atoms with E-state index in [0.29, 0.717) is 18.2 Å². The zero-order chi connectivity index (χ0) is 16.2. The summed E-state index contributed by atoms with van der Waals surface area (Å²) in [7, 11) is 0. The minimum Gasteiger partial charge on any atom is -0.347 e. The lowest BCUT2D eigenvalue weighted by Crippen LogP contribution is -2.23. The molecule has 1 aliphatic heterocycles. The van der Waals surface area contributed by atoms with Gasteiger partial charge in [-0.3, -0.25) is 9.48 Å². The van der Waals surface area contributed by atoms with Gasteiger partial charge in [-0.25, -0.2) is 0 Å². The third kappa shape index (κ3) is 4.55. The highest BCUT2D eigenvalue weighted by atomic mass is 35.5. The van der Waals surface area contributed by atoms with Crippen LogP contribution >= 0.6 is 12.4 Å². The van der Waals surface area contributed by atoms with Crippen molar-refractivity contribution < 1.29 is 4.79 Å². The van der Waals surface area contributed by atoms with E-state index in [1.807, 2.05) is 0 Å². The third-order valence-electron chi connectivity index (χ3n) is 4.06. The highest BCUT2D eigenvalue weighted by Gasteiger charge is 2.13. The van der Waals surface area contributed by atoms with Crippen LogP contribution in [0.1, 0.15) is 47.4 Å². The fourth-order valence-electron chi connectivity index (χ4n) is 2.63. The highest BCUT2D eigenvalue weighted by molar-refractivity contribution is 5.91. The van der Waals surface area contributed by atoms with Gasteiger partial charge in [0, 0.05) is 26.2 Å². The van der Waals surface area contributed by atoms with Gasteiger partial charge in [-0.1, -0.05) is 37.3 Å². The first-order valence-electron chi connectivity index (χ1n) is 8.11. The van der Waals surface area contributed by atoms with Gasteiger partial charge < -0.3 is 10.6 Å². The topological polar surface area (TPSA) is 71.8 Å². The first-order chi connectivity index (χ1) is 11.1. The third-order valence-corrected chi connectivity index (χ3v) is 4.06. The van der Waals surface area contributed by atoms with Crippen molar-refractivity contribution in [2.75, 3.05) is 0 Å². The summed E-state index contributed by atoms with van der Waals surface area (Å²) in [5.41, 5.74) is 4.13. The molecular weight excluding hydrogens is 326 g/mol. The first-order valence-corrected chi connectivity index (χ1v) is 8.11. The Morgan fingerprint density at radius 3 is 2.92 bits per heavy atom. The second-order valence-electron chi connectivity index (χ2n) is 6.44. The van der Waals surface area contributed by atoms with Crippen molar-refractivity contribution in [2.45, 2.75) is 46.4 Å². The molecule has 0 saturated heterocycles. The predicted molar refractivity (Wildman–Crippen MR) is 94.9 cm³/mol. The predicted octanol–water partition coefficient (Wildman–Crippen LogP) is 2.28. The number of aromatic nitrogens is 3. The molecule has 0 spiro atoms. The van der Waals surface area contributed by atoms with E-state index >= 15 is 0 Å². The lowest BCUT2D eigenvalue weighted by molar-refractivity contribution is 0.0946. The summed E-state index contributed by atoms with van der Waals surface area (Å²) >= 11 is 0. The normalized spacial score (nSPS) is 12.8. The van der Waals surface area contributed by atoms with Crippen LogP contribution in [0.25, 0.3) is 0 Å². The molecule has 0 radical (unpaired) electrons. The number of carbonyl (C=O) groups is 1. The van der Waals surface area contributed by atoms with Gasteiger partial charge in [-0.15, -0.1) is 17.5 Å². The Morgan fingerprint density at radius 2 is 2.12 bits per heavy atom. The van der Waals surface area contributed by atoms with E-state index in [0.717, 1.165) is 31.6 Å². The molecule has 3 rings (SSSR count). The van der Waals surface area contributed by atoms with Crippen molar-refractivity contribution >= 4 is 18.3 Å². The Morgan fingerprint density at radius 1 is 1.33 bits per heavy atom. The van der Waals surface area contributed by atoms with Gasteiger partial charge in [0.05, 0.1) is 6.20 Å². The van der Waals surface area contributed by atoms with Gasteiger partial charge in [-0.05, 0) is 29.0 Å². The number of nitrogens with one attached hydrogen (secondary N) is 2. The Balaban J connectivity index is 0.00000208. The molecule has 1 aliphatic rings. The summed E-state index contributed by atoms with van der Waals surface area (Å²) in [4.78, 5) is 12.2. The van der Waals surface area contributed by atoms with Gasteiger partial charge >= 0.3 is 0 Å². The maximum atomic E-state index is 12.2. The minimum atomic E-state index is -0.181. The molecule has 1 aromatic heterocycles. The maximum absolute atomic E-state index is 12.2. The first kappa shape index (κ1) is 18.4. The summed E-state index contributed by atoms with van der Waals surface area (Å²) < 4.78 is 1.73. The van der Waals surface area contributed by atoms with Gasteiger partial charge in [0.15, 0.2) is 5.69 Å². The molecule has 24 heavy (non-hydrogen) atoms. The van der Waals surface area contributed by atoms with E-state index in [9.17, 15) is 4.79 Å². The van der Waals surface area contributed by atoms with Gasteiger partial charge in [0.2, 0.25) is 0 Å². The largest absolute Gasteiger partial charge is 0.347 e. The number of fused-ring (bicyclic) bond motifs is 1. The maximum Gasteiger partial charge on any atom is 0.273 e. The molecule has 0 fully saturated rings. The quantitative estimate of drug-likeness (QED) is 0.839. The number of benzene rings is 1. The van der Waals surface area contributed by atoms with Crippen LogP contribution in [-0.2, 0) is 26.2 Å². The Labute approximate surface area is 148 Å². The van der Waals surface area contributed by atoms with Crippen LogP contribution in [0.2, 0.25) is 0 Å². The Kier molecular flexibility index (Phi) is 6.34. The van der Waals surface area contributed by atoms with Crippen molar-refractivity contribution in [3.8, 4) is 0 Å². The van der Waals surface area contributed by atoms with E-state index in [-0.39, 0.29) is 18.3 Å². The SMILES string of the molecule is CC(C)CCn1cc(C(=O)NCc2ccc3c(c2)CNC3)nn1.Cl. The number of hydrogen-bond acceptors (Lipinski definition) is 4. The number of halogens is 1. The zero-order valence-electron chi connectivity index (χ0n) is 14.1. The van der Waals surface area contributed by atoms with E-state index in [1.165, 1.54) is 11.1 Å². The van der Waals surface area contributed by atoms with Crippen LogP contribution in [-0.4, -0.2) is 20.9 Å². The number of carbonyl (C=O) groups excluding carboxylic acids is 1. The summed E-state index contributed by atoms with van der Waals surface area (Å²) in [6.45, 7) is 7.46. The van der Waals surface area contributed by atoms with Gasteiger partial charge in [-0.2, -0.15) is 0 Å². The monoisotopic (exact) mass is 349 g/mol. The molecule has 0 atom stereocenters. The molecule has 2 heterocycles. The van der Waals surface area contributed by atoms with Crippen molar-refractivity contribution in [2.24, 2.45) is 5.92 Å². The van der Waals surface area contributed by atoms with Crippen LogP contribution in [0, 0.1) is 5.92 Å². The van der Waals surface area contributed by atoms with E-state index in [4.69, 9.17) is 0 Å². The highest BCUT2D eigenvalue weighted by Crippen LogP contribution is 2.16. The molecule has 2 N–H and O–H groups in total. The Bertz CT molecular complexity index is 698. The second kappa shape index (κ2) is 8.26. The fraction of sp³-hybridized carbons (Fsp3) is 0.471. The minimum absolute atomic E-state index is 0. The molecule has 6 nitrogen and oxygen atoms in total. The molecule has 7 heteroatoms. The van der Waals surface area contributed by atoms with Crippen molar-refractivity contribution in [3.05, 3.63) is 46.8 Å². The van der Waals surface area contributed by atoms with Crippen LogP contribution < -0.4 is 10.6 Å². The molecule has 0 unspecified atom stereocenters. The number of amides is 1. The van der Waals surface area contributed by atoms with Crippen LogP contribution in [0.4, 0.5) is 0 Å². The Hall–Kier alpha value is -1.92. The van der Waals surface area contributed by atoms with Gasteiger partial charge in [0.1, 0.15) is 0 Å². The van der Waals surface area contributed by atoms with Crippen LogP contribution in [0.5, 0.6) is 0 Å². The van der Waals surface area contributed by atoms with Crippen molar-refractivity contribution in [1.82, 2.24) is 25.6 Å². The van der Waals surface area contributed by atoms with E-state index in [2.05, 4.69) is 53.0 Å². The lowest BCUT2D eigenvalue weighted by atomic mass is 10.1.